The lowest BCUT2D eigenvalue weighted by Crippen LogP contribution is -2.31. The minimum absolute atomic E-state index is 0.0868. The van der Waals surface area contributed by atoms with E-state index in [1.54, 1.807) is 24.4 Å². The molecule has 0 radical (unpaired) electrons. The van der Waals surface area contributed by atoms with Crippen LogP contribution < -0.4 is 5.56 Å². The Balaban J connectivity index is 1.71. The molecule has 4 rings (SSSR count). The van der Waals surface area contributed by atoms with Gasteiger partial charge in [0.25, 0.3) is 11.5 Å². The molecule has 1 aliphatic heterocycles. The third-order valence-electron chi connectivity index (χ3n) is 4.64. The first-order valence-corrected chi connectivity index (χ1v) is 8.51. The number of aromatic amines is 1. The summed E-state index contributed by atoms with van der Waals surface area (Å²) in [5.74, 6) is -0.0868. The van der Waals surface area contributed by atoms with Crippen LogP contribution in [0.1, 0.15) is 47.7 Å². The number of carbonyl (C=O) groups excluding carboxylic acids is 1. The minimum atomic E-state index is -0.131. The van der Waals surface area contributed by atoms with Crippen molar-refractivity contribution in [2.24, 2.45) is 0 Å². The number of rotatable bonds is 3. The van der Waals surface area contributed by atoms with Crippen molar-refractivity contribution in [3.05, 3.63) is 64.0 Å². The first-order chi connectivity index (χ1) is 12.2. The molecule has 4 heterocycles. The molecule has 1 N–H and O–H groups in total. The standard InChI is InChI=1S/C18H19N5O2/c1-2-12-10-17(24)23-16(20-12)11-14(21-23)15-7-5-9-22(15)18(25)13-6-3-4-8-19-13/h3-4,6,8,10-11,15,21H,2,5,7,9H2,1H3/t15-/m1/s1. The summed E-state index contributed by atoms with van der Waals surface area (Å²) in [5, 5.41) is 3.12. The molecule has 3 aromatic heterocycles. The van der Waals surface area contributed by atoms with Crippen LogP contribution in [0.15, 0.2) is 41.3 Å². The Labute approximate surface area is 144 Å². The van der Waals surface area contributed by atoms with Crippen LogP contribution in [0.25, 0.3) is 5.65 Å². The highest BCUT2D eigenvalue weighted by atomic mass is 16.2. The first kappa shape index (κ1) is 15.6. The number of nitrogens with zero attached hydrogens (tertiary/aromatic N) is 4. The van der Waals surface area contributed by atoms with Gasteiger partial charge in [-0.05, 0) is 31.4 Å². The smallest absolute Gasteiger partial charge is 0.273 e. The Hall–Kier alpha value is -2.96. The average molecular weight is 337 g/mol. The normalized spacial score (nSPS) is 17.3. The van der Waals surface area contributed by atoms with Crippen LogP contribution in [-0.2, 0) is 6.42 Å². The third kappa shape index (κ3) is 2.71. The second-order valence-electron chi connectivity index (χ2n) is 6.22. The molecule has 128 valence electrons. The van der Waals surface area contributed by atoms with Crippen molar-refractivity contribution in [1.82, 2.24) is 24.5 Å². The van der Waals surface area contributed by atoms with Crippen LogP contribution >= 0.6 is 0 Å². The second kappa shape index (κ2) is 6.16. The monoisotopic (exact) mass is 337 g/mol. The molecule has 3 aromatic rings. The van der Waals surface area contributed by atoms with Gasteiger partial charge in [-0.2, -0.15) is 0 Å². The molecule has 1 aliphatic rings. The first-order valence-electron chi connectivity index (χ1n) is 8.51. The molecule has 0 bridgehead atoms. The molecular formula is C18H19N5O2. The molecular weight excluding hydrogens is 318 g/mol. The number of carbonyl (C=O) groups is 1. The maximum absolute atomic E-state index is 12.8. The highest BCUT2D eigenvalue weighted by Crippen LogP contribution is 2.32. The second-order valence-corrected chi connectivity index (χ2v) is 6.22. The van der Waals surface area contributed by atoms with Crippen molar-refractivity contribution in [2.75, 3.05) is 6.54 Å². The van der Waals surface area contributed by atoms with E-state index in [2.05, 4.69) is 15.1 Å². The van der Waals surface area contributed by atoms with Crippen LogP contribution in [0, 0.1) is 0 Å². The van der Waals surface area contributed by atoms with Crippen molar-refractivity contribution < 1.29 is 4.79 Å². The van der Waals surface area contributed by atoms with Crippen molar-refractivity contribution in [3.63, 3.8) is 0 Å². The SMILES string of the molecule is CCc1cc(=O)n2[nH]c([C@H]3CCCN3C(=O)c3ccccn3)cc2n1. The number of aryl methyl sites for hydroxylation is 1. The highest BCUT2D eigenvalue weighted by Gasteiger charge is 2.32. The lowest BCUT2D eigenvalue weighted by atomic mass is 10.1. The van der Waals surface area contributed by atoms with Crippen molar-refractivity contribution in [3.8, 4) is 0 Å². The van der Waals surface area contributed by atoms with Gasteiger partial charge in [0.05, 0.1) is 11.7 Å². The van der Waals surface area contributed by atoms with E-state index in [1.807, 2.05) is 24.0 Å². The van der Waals surface area contributed by atoms with Gasteiger partial charge >= 0.3 is 0 Å². The lowest BCUT2D eigenvalue weighted by Gasteiger charge is -2.23. The number of fused-ring (bicyclic) bond motifs is 1. The van der Waals surface area contributed by atoms with E-state index >= 15 is 0 Å². The van der Waals surface area contributed by atoms with Crippen LogP contribution in [-0.4, -0.2) is 36.9 Å². The highest BCUT2D eigenvalue weighted by molar-refractivity contribution is 5.92. The number of hydrogen-bond acceptors (Lipinski definition) is 4. The molecule has 25 heavy (non-hydrogen) atoms. The van der Waals surface area contributed by atoms with E-state index in [1.165, 1.54) is 4.52 Å². The zero-order valence-electron chi connectivity index (χ0n) is 14.0. The summed E-state index contributed by atoms with van der Waals surface area (Å²) in [6.07, 6.45) is 4.10. The van der Waals surface area contributed by atoms with Gasteiger partial charge in [-0.1, -0.05) is 13.0 Å². The van der Waals surface area contributed by atoms with Crippen LogP contribution in [0.2, 0.25) is 0 Å². The van der Waals surface area contributed by atoms with Gasteiger partial charge in [0.1, 0.15) is 5.69 Å². The molecule has 7 heteroatoms. The molecule has 1 amide bonds. The Kier molecular flexibility index (Phi) is 3.83. The maximum Gasteiger partial charge on any atom is 0.273 e. The Morgan fingerprint density at radius 3 is 3.00 bits per heavy atom. The number of nitrogens with one attached hydrogen (secondary N) is 1. The minimum Gasteiger partial charge on any atom is -0.329 e. The summed E-state index contributed by atoms with van der Waals surface area (Å²) in [6.45, 7) is 2.65. The lowest BCUT2D eigenvalue weighted by molar-refractivity contribution is 0.0726. The molecule has 0 saturated carbocycles. The molecule has 1 atom stereocenters. The Morgan fingerprint density at radius 2 is 2.24 bits per heavy atom. The number of H-pyrrole nitrogens is 1. The number of hydrogen-bond donors (Lipinski definition) is 1. The van der Waals surface area contributed by atoms with Gasteiger partial charge in [-0.25, -0.2) is 9.50 Å². The average Bonchev–Trinajstić information content (AvgIpc) is 3.28. The van der Waals surface area contributed by atoms with Crippen molar-refractivity contribution in [2.45, 2.75) is 32.2 Å². The number of aromatic nitrogens is 4. The van der Waals surface area contributed by atoms with Crippen LogP contribution in [0.5, 0.6) is 0 Å². The van der Waals surface area contributed by atoms with E-state index < -0.39 is 0 Å². The van der Waals surface area contributed by atoms with Crippen molar-refractivity contribution >= 4 is 11.6 Å². The van der Waals surface area contributed by atoms with Crippen LogP contribution in [0.3, 0.4) is 0 Å². The summed E-state index contributed by atoms with van der Waals surface area (Å²) < 4.78 is 1.44. The summed E-state index contributed by atoms with van der Waals surface area (Å²) in [4.78, 5) is 35.5. The molecule has 7 nitrogen and oxygen atoms in total. The predicted molar refractivity (Wildman–Crippen MR) is 92.4 cm³/mol. The van der Waals surface area contributed by atoms with Gasteiger partial charge in [-0.3, -0.25) is 19.7 Å². The van der Waals surface area contributed by atoms with E-state index in [-0.39, 0.29) is 17.5 Å². The fourth-order valence-electron chi connectivity index (χ4n) is 3.38. The summed E-state index contributed by atoms with van der Waals surface area (Å²) in [6, 6.07) is 8.64. The van der Waals surface area contributed by atoms with Gasteiger partial charge in [0, 0.05) is 30.6 Å². The zero-order valence-corrected chi connectivity index (χ0v) is 14.0. The van der Waals surface area contributed by atoms with Crippen LogP contribution in [0.4, 0.5) is 0 Å². The largest absolute Gasteiger partial charge is 0.329 e. The summed E-state index contributed by atoms with van der Waals surface area (Å²) in [7, 11) is 0. The zero-order chi connectivity index (χ0) is 17.4. The molecule has 0 unspecified atom stereocenters. The van der Waals surface area contributed by atoms with E-state index in [9.17, 15) is 9.59 Å². The maximum atomic E-state index is 12.8. The quantitative estimate of drug-likeness (QED) is 0.792. The number of amides is 1. The summed E-state index contributed by atoms with van der Waals surface area (Å²) in [5.41, 5.74) is 2.50. The number of pyridine rings is 1. The van der Waals surface area contributed by atoms with Gasteiger partial charge < -0.3 is 4.90 Å². The Bertz CT molecular complexity index is 976. The molecule has 1 fully saturated rings. The van der Waals surface area contributed by atoms with E-state index in [0.717, 1.165) is 24.2 Å². The molecule has 0 aliphatic carbocycles. The third-order valence-corrected chi connectivity index (χ3v) is 4.64. The number of likely N-dealkylation sites (tertiary alicyclic amines) is 1. The predicted octanol–water partition coefficient (Wildman–Crippen LogP) is 1.96. The van der Waals surface area contributed by atoms with Gasteiger partial charge in [-0.15, -0.1) is 0 Å². The summed E-state index contributed by atoms with van der Waals surface area (Å²) >= 11 is 0. The fourth-order valence-corrected chi connectivity index (χ4v) is 3.38. The van der Waals surface area contributed by atoms with Gasteiger partial charge in [0.15, 0.2) is 5.65 Å². The fraction of sp³-hybridized carbons (Fsp3) is 0.333. The molecule has 0 spiro atoms. The van der Waals surface area contributed by atoms with E-state index in [0.29, 0.717) is 24.3 Å². The van der Waals surface area contributed by atoms with E-state index in [4.69, 9.17) is 0 Å². The van der Waals surface area contributed by atoms with Crippen molar-refractivity contribution in [1.29, 1.82) is 0 Å². The molecule has 1 saturated heterocycles. The molecule has 0 aromatic carbocycles. The topological polar surface area (TPSA) is 83.4 Å². The van der Waals surface area contributed by atoms with Gasteiger partial charge in [0.2, 0.25) is 0 Å². The Morgan fingerprint density at radius 1 is 1.36 bits per heavy atom.